The quantitative estimate of drug-likeness (QED) is 0.779. The van der Waals surface area contributed by atoms with Crippen LogP contribution in [0.1, 0.15) is 54.2 Å². The van der Waals surface area contributed by atoms with E-state index in [-0.39, 0.29) is 28.2 Å². The van der Waals surface area contributed by atoms with Crippen molar-refractivity contribution in [2.24, 2.45) is 5.14 Å². The molecule has 0 atom stereocenters. The van der Waals surface area contributed by atoms with Crippen molar-refractivity contribution in [3.8, 4) is 11.5 Å². The normalized spacial score (nSPS) is 21.2. The molecule has 2 aromatic carbocycles. The Labute approximate surface area is 148 Å². The Morgan fingerprint density at radius 2 is 1.52 bits per heavy atom. The van der Waals surface area contributed by atoms with E-state index in [4.69, 9.17) is 5.14 Å². The molecule has 5 nitrogen and oxygen atoms in total. The average Bonchev–Trinajstić information content (AvgIpc) is 2.54. The number of benzene rings is 2. The zero-order valence-corrected chi connectivity index (χ0v) is 15.0. The topological polar surface area (TPSA) is 101 Å². The van der Waals surface area contributed by atoms with E-state index in [0.717, 1.165) is 42.4 Å². The van der Waals surface area contributed by atoms with Crippen molar-refractivity contribution in [3.63, 3.8) is 0 Å². The second-order valence-electron chi connectivity index (χ2n) is 6.88. The van der Waals surface area contributed by atoms with Crippen molar-refractivity contribution in [3.05, 3.63) is 53.1 Å². The van der Waals surface area contributed by atoms with Crippen LogP contribution in [0.25, 0.3) is 0 Å². The summed E-state index contributed by atoms with van der Waals surface area (Å²) in [7, 11) is -3.74. The molecule has 0 bridgehead atoms. The maximum atomic E-state index is 11.9. The van der Waals surface area contributed by atoms with Crippen molar-refractivity contribution in [2.75, 3.05) is 0 Å². The van der Waals surface area contributed by atoms with Gasteiger partial charge in [0, 0.05) is 6.07 Å². The van der Waals surface area contributed by atoms with E-state index >= 15 is 0 Å². The van der Waals surface area contributed by atoms with Crippen LogP contribution in [-0.2, 0) is 10.0 Å². The van der Waals surface area contributed by atoms with Gasteiger partial charge in [-0.15, -0.1) is 0 Å². The van der Waals surface area contributed by atoms with Crippen molar-refractivity contribution >= 4 is 10.0 Å². The number of aromatic hydroxyl groups is 2. The molecule has 4 N–H and O–H groups in total. The van der Waals surface area contributed by atoms with Crippen LogP contribution in [0.15, 0.2) is 41.3 Å². The Hall–Kier alpha value is -2.05. The lowest BCUT2D eigenvalue weighted by molar-refractivity contribution is 0.377. The summed E-state index contributed by atoms with van der Waals surface area (Å²) in [6.07, 6.45) is 3.36. The predicted octanol–water partition coefficient (Wildman–Crippen LogP) is 3.50. The number of rotatable bonds is 3. The average molecular weight is 361 g/mol. The molecule has 1 fully saturated rings. The highest BCUT2D eigenvalue weighted by Gasteiger charge is 2.28. The molecule has 0 saturated heterocycles. The maximum Gasteiger partial charge on any atom is 0.238 e. The molecule has 6 heteroatoms. The van der Waals surface area contributed by atoms with Crippen LogP contribution in [0.5, 0.6) is 11.5 Å². The van der Waals surface area contributed by atoms with Gasteiger partial charge in [0.15, 0.2) is 0 Å². The van der Waals surface area contributed by atoms with Crippen LogP contribution in [0.2, 0.25) is 0 Å². The molecule has 2 aromatic rings. The molecule has 0 aliphatic heterocycles. The smallest absolute Gasteiger partial charge is 0.238 e. The number of primary sulfonamides is 1. The summed E-state index contributed by atoms with van der Waals surface area (Å²) < 4.78 is 23.8. The Bertz CT molecular complexity index is 884. The summed E-state index contributed by atoms with van der Waals surface area (Å²) in [5, 5.41) is 24.9. The van der Waals surface area contributed by atoms with Crippen LogP contribution in [-0.4, -0.2) is 18.6 Å². The minimum Gasteiger partial charge on any atom is -0.508 e. The van der Waals surface area contributed by atoms with E-state index in [1.165, 1.54) is 6.07 Å². The molecule has 0 spiro atoms. The monoisotopic (exact) mass is 361 g/mol. The first kappa shape index (κ1) is 17.8. The second-order valence-corrected chi connectivity index (χ2v) is 8.41. The Morgan fingerprint density at radius 1 is 0.920 bits per heavy atom. The van der Waals surface area contributed by atoms with Gasteiger partial charge in [0.1, 0.15) is 11.5 Å². The molecule has 25 heavy (non-hydrogen) atoms. The Morgan fingerprint density at radius 3 is 2.08 bits per heavy atom. The van der Waals surface area contributed by atoms with Gasteiger partial charge in [0.2, 0.25) is 10.0 Å². The number of sulfonamides is 1. The number of aryl methyl sites for hydroxylation is 1. The molecule has 1 saturated carbocycles. The molecular weight excluding hydrogens is 338 g/mol. The highest BCUT2D eigenvalue weighted by molar-refractivity contribution is 7.89. The fourth-order valence-electron chi connectivity index (χ4n) is 3.84. The molecular formula is C19H23NO4S. The van der Waals surface area contributed by atoms with E-state index < -0.39 is 10.0 Å². The minimum atomic E-state index is -3.74. The zero-order chi connectivity index (χ0) is 18.2. The van der Waals surface area contributed by atoms with Crippen molar-refractivity contribution < 1.29 is 18.6 Å². The first-order chi connectivity index (χ1) is 11.8. The maximum absolute atomic E-state index is 11.9. The van der Waals surface area contributed by atoms with Gasteiger partial charge < -0.3 is 10.2 Å². The zero-order valence-electron chi connectivity index (χ0n) is 14.1. The van der Waals surface area contributed by atoms with Crippen LogP contribution >= 0.6 is 0 Å². The molecule has 0 aromatic heterocycles. The standard InChI is InChI=1S/C19H23NO4S/c1-12-2-9-19(25(20,23)24)17(10-12)14-5-3-13(4-6-14)16-8-7-15(21)11-18(16)22/h2,7-11,13-14,21-22H,3-6H2,1H3,(H2,20,23,24). The fraction of sp³-hybridized carbons (Fsp3) is 0.368. The van der Waals surface area contributed by atoms with Crippen LogP contribution in [0.4, 0.5) is 0 Å². The van der Waals surface area contributed by atoms with E-state index in [1.54, 1.807) is 24.3 Å². The van der Waals surface area contributed by atoms with Crippen LogP contribution in [0, 0.1) is 6.92 Å². The summed E-state index contributed by atoms with van der Waals surface area (Å²) >= 11 is 0. The lowest BCUT2D eigenvalue weighted by atomic mass is 9.76. The van der Waals surface area contributed by atoms with Crippen LogP contribution < -0.4 is 5.14 Å². The number of phenols is 2. The lowest BCUT2D eigenvalue weighted by Crippen LogP contribution is -2.19. The summed E-state index contributed by atoms with van der Waals surface area (Å²) in [6.45, 7) is 1.94. The molecule has 3 rings (SSSR count). The molecule has 0 amide bonds. The molecule has 0 heterocycles. The van der Waals surface area contributed by atoms with Gasteiger partial charge in [0.05, 0.1) is 4.90 Å². The van der Waals surface area contributed by atoms with Gasteiger partial charge in [-0.3, -0.25) is 0 Å². The predicted molar refractivity (Wildman–Crippen MR) is 96.3 cm³/mol. The largest absolute Gasteiger partial charge is 0.508 e. The van der Waals surface area contributed by atoms with E-state index in [0.29, 0.717) is 0 Å². The van der Waals surface area contributed by atoms with Gasteiger partial charge >= 0.3 is 0 Å². The summed E-state index contributed by atoms with van der Waals surface area (Å²) in [5.74, 6) is 0.514. The Kier molecular flexibility index (Phi) is 4.75. The highest BCUT2D eigenvalue weighted by atomic mass is 32.2. The van der Waals surface area contributed by atoms with Gasteiger partial charge in [-0.05, 0) is 67.7 Å². The van der Waals surface area contributed by atoms with Crippen molar-refractivity contribution in [1.82, 2.24) is 0 Å². The lowest BCUT2D eigenvalue weighted by Gasteiger charge is -2.30. The molecule has 134 valence electrons. The second kappa shape index (κ2) is 6.69. The van der Waals surface area contributed by atoms with E-state index in [1.807, 2.05) is 13.0 Å². The van der Waals surface area contributed by atoms with Crippen LogP contribution in [0.3, 0.4) is 0 Å². The number of phenolic OH excluding ortho intramolecular Hbond substituents is 2. The minimum absolute atomic E-state index is 0.0486. The molecule has 1 aliphatic carbocycles. The summed E-state index contributed by atoms with van der Waals surface area (Å²) in [5.41, 5.74) is 2.66. The number of nitrogens with two attached hydrogens (primary N) is 1. The SMILES string of the molecule is Cc1ccc(S(N)(=O)=O)c(C2CCC(c3ccc(O)cc3O)CC2)c1. The van der Waals surface area contributed by atoms with Crippen molar-refractivity contribution in [2.45, 2.75) is 49.3 Å². The number of hydrogen-bond donors (Lipinski definition) is 3. The third-order valence-electron chi connectivity index (χ3n) is 5.09. The summed E-state index contributed by atoms with van der Waals surface area (Å²) in [4.78, 5) is 0.217. The van der Waals surface area contributed by atoms with Gasteiger partial charge in [-0.1, -0.05) is 23.8 Å². The molecule has 0 unspecified atom stereocenters. The third kappa shape index (κ3) is 3.80. The Balaban J connectivity index is 1.82. The fourth-order valence-corrected chi connectivity index (χ4v) is 4.65. The summed E-state index contributed by atoms with van der Waals surface area (Å²) in [6, 6.07) is 9.99. The molecule has 1 aliphatic rings. The van der Waals surface area contributed by atoms with Gasteiger partial charge in [-0.25, -0.2) is 13.6 Å². The first-order valence-electron chi connectivity index (χ1n) is 8.41. The van der Waals surface area contributed by atoms with Gasteiger partial charge in [-0.2, -0.15) is 0 Å². The van der Waals surface area contributed by atoms with E-state index in [9.17, 15) is 18.6 Å². The van der Waals surface area contributed by atoms with Gasteiger partial charge in [0.25, 0.3) is 0 Å². The van der Waals surface area contributed by atoms with E-state index in [2.05, 4.69) is 0 Å². The third-order valence-corrected chi connectivity index (χ3v) is 6.08. The first-order valence-corrected chi connectivity index (χ1v) is 9.95. The highest BCUT2D eigenvalue weighted by Crippen LogP contribution is 2.44. The molecule has 0 radical (unpaired) electrons. The van der Waals surface area contributed by atoms with Crippen molar-refractivity contribution in [1.29, 1.82) is 0 Å². The number of hydrogen-bond acceptors (Lipinski definition) is 4.